The van der Waals surface area contributed by atoms with Crippen molar-refractivity contribution < 1.29 is 4.79 Å². The number of fused-ring (bicyclic) bond motifs is 1. The van der Waals surface area contributed by atoms with Gasteiger partial charge in [0.1, 0.15) is 5.41 Å². The zero-order valence-electron chi connectivity index (χ0n) is 20.2. The number of nitrogens with one attached hydrogen (secondary N) is 1. The molecule has 1 amide bonds. The van der Waals surface area contributed by atoms with E-state index in [1.54, 1.807) is 0 Å². The molecule has 3 aromatic rings. The minimum absolute atomic E-state index is 0.213. The summed E-state index contributed by atoms with van der Waals surface area (Å²) >= 11 is 0. The molecule has 1 fully saturated rings. The Morgan fingerprint density at radius 2 is 1.62 bits per heavy atom. The normalized spacial score (nSPS) is 20.5. The smallest absolute Gasteiger partial charge is 0.242 e. The number of anilines is 3. The molecule has 0 spiro atoms. The molecule has 1 unspecified atom stereocenters. The molecule has 0 radical (unpaired) electrons. The number of piperazine rings is 1. The molecule has 2 aliphatic heterocycles. The van der Waals surface area contributed by atoms with E-state index in [1.165, 1.54) is 5.69 Å². The molecule has 5 rings (SSSR count). The van der Waals surface area contributed by atoms with Gasteiger partial charge in [-0.05, 0) is 55.3 Å². The van der Waals surface area contributed by atoms with E-state index in [-0.39, 0.29) is 5.91 Å². The molecule has 1 atom stereocenters. The summed E-state index contributed by atoms with van der Waals surface area (Å²) in [6.07, 6.45) is 0.790. The van der Waals surface area contributed by atoms with Crippen molar-refractivity contribution in [3.05, 3.63) is 90.0 Å². The number of benzene rings is 3. The summed E-state index contributed by atoms with van der Waals surface area (Å²) in [6.45, 7) is 7.65. The molecular weight excluding hydrogens is 420 g/mol. The van der Waals surface area contributed by atoms with Crippen molar-refractivity contribution in [1.82, 2.24) is 4.90 Å². The third-order valence-corrected chi connectivity index (χ3v) is 7.52. The monoisotopic (exact) mass is 454 g/mol. The predicted octanol–water partition coefficient (Wildman–Crippen LogP) is 4.59. The Morgan fingerprint density at radius 3 is 2.35 bits per heavy atom. The molecule has 5 heteroatoms. The number of carbonyl (C=O) groups is 1. The first kappa shape index (κ1) is 22.5. The van der Waals surface area contributed by atoms with Crippen LogP contribution in [0.15, 0.2) is 78.9 Å². The fourth-order valence-corrected chi connectivity index (χ4v) is 5.64. The molecule has 0 bridgehead atoms. The molecule has 1 saturated heterocycles. The van der Waals surface area contributed by atoms with Gasteiger partial charge in [-0.25, -0.2) is 0 Å². The number of nitrogens with zero attached hydrogens (tertiary/aromatic N) is 3. The Bertz CT molecular complexity index is 1140. The van der Waals surface area contributed by atoms with Gasteiger partial charge >= 0.3 is 0 Å². The number of hydrogen-bond acceptors (Lipinski definition) is 4. The van der Waals surface area contributed by atoms with Gasteiger partial charge < -0.3 is 15.1 Å². The fourth-order valence-electron chi connectivity index (χ4n) is 5.64. The minimum Gasteiger partial charge on any atom is -0.388 e. The lowest BCUT2D eigenvalue weighted by atomic mass is 9.72. The van der Waals surface area contributed by atoms with Crippen LogP contribution in [0.2, 0.25) is 0 Å². The predicted molar refractivity (Wildman–Crippen MR) is 141 cm³/mol. The Kier molecular flexibility index (Phi) is 6.29. The van der Waals surface area contributed by atoms with E-state index in [2.05, 4.69) is 88.8 Å². The highest BCUT2D eigenvalue weighted by Crippen LogP contribution is 2.48. The molecule has 5 nitrogen and oxygen atoms in total. The SMILES string of the molecule is CCN1C(=O)C(CCN2CCN(c3cccc(NC)c3)CC2)(c2ccccc2)c2ccccc21. The third-order valence-electron chi connectivity index (χ3n) is 7.52. The highest BCUT2D eigenvalue weighted by Gasteiger charge is 2.51. The molecule has 176 valence electrons. The summed E-state index contributed by atoms with van der Waals surface area (Å²) in [5.74, 6) is 0.213. The van der Waals surface area contributed by atoms with Crippen molar-refractivity contribution in [2.75, 3.05) is 61.4 Å². The number of rotatable bonds is 7. The molecule has 0 aliphatic carbocycles. The van der Waals surface area contributed by atoms with Crippen molar-refractivity contribution in [2.24, 2.45) is 0 Å². The Labute approximate surface area is 203 Å². The zero-order chi connectivity index (χ0) is 23.5. The van der Waals surface area contributed by atoms with Crippen LogP contribution in [0.25, 0.3) is 0 Å². The van der Waals surface area contributed by atoms with Crippen LogP contribution in [0.1, 0.15) is 24.5 Å². The van der Waals surface area contributed by atoms with Gasteiger partial charge in [0.05, 0.1) is 0 Å². The van der Waals surface area contributed by atoms with Gasteiger partial charge in [0.25, 0.3) is 0 Å². The maximum atomic E-state index is 14.0. The zero-order valence-corrected chi connectivity index (χ0v) is 20.2. The van der Waals surface area contributed by atoms with Crippen LogP contribution in [-0.2, 0) is 10.2 Å². The fraction of sp³-hybridized carbons (Fsp3) is 0.345. The van der Waals surface area contributed by atoms with Crippen LogP contribution in [0, 0.1) is 0 Å². The van der Waals surface area contributed by atoms with Crippen molar-refractivity contribution in [1.29, 1.82) is 0 Å². The molecular formula is C29H34N4O. The molecule has 0 aromatic heterocycles. The van der Waals surface area contributed by atoms with E-state index in [0.29, 0.717) is 6.54 Å². The standard InChI is InChI=1S/C29H34N4O/c1-3-33-27-15-8-7-14-26(27)29(28(33)34,23-10-5-4-6-11-23)16-17-31-18-20-32(21-19-31)25-13-9-12-24(22-25)30-2/h4-15,22,30H,3,16-21H2,1-2H3. The largest absolute Gasteiger partial charge is 0.388 e. The van der Waals surface area contributed by atoms with Gasteiger partial charge in [0.2, 0.25) is 5.91 Å². The van der Waals surface area contributed by atoms with Gasteiger partial charge in [-0.2, -0.15) is 0 Å². The van der Waals surface area contributed by atoms with Gasteiger partial charge in [0, 0.05) is 56.8 Å². The molecule has 1 N–H and O–H groups in total. The second-order valence-corrected chi connectivity index (χ2v) is 9.22. The molecule has 2 heterocycles. The number of carbonyl (C=O) groups excluding carboxylic acids is 1. The van der Waals surface area contributed by atoms with Crippen molar-refractivity contribution in [3.8, 4) is 0 Å². The molecule has 34 heavy (non-hydrogen) atoms. The van der Waals surface area contributed by atoms with Crippen LogP contribution in [0.3, 0.4) is 0 Å². The number of hydrogen-bond donors (Lipinski definition) is 1. The van der Waals surface area contributed by atoms with Crippen LogP contribution in [-0.4, -0.2) is 57.1 Å². The van der Waals surface area contributed by atoms with E-state index < -0.39 is 5.41 Å². The van der Waals surface area contributed by atoms with Gasteiger partial charge in [0.15, 0.2) is 0 Å². The lowest BCUT2D eigenvalue weighted by Gasteiger charge is -2.38. The first-order chi connectivity index (χ1) is 16.7. The Morgan fingerprint density at radius 1 is 0.882 bits per heavy atom. The maximum Gasteiger partial charge on any atom is 0.242 e. The van der Waals surface area contributed by atoms with Crippen molar-refractivity contribution in [3.63, 3.8) is 0 Å². The lowest BCUT2D eigenvalue weighted by molar-refractivity contribution is -0.122. The summed E-state index contributed by atoms with van der Waals surface area (Å²) < 4.78 is 0. The Hall–Kier alpha value is -3.31. The van der Waals surface area contributed by atoms with Crippen LogP contribution >= 0.6 is 0 Å². The summed E-state index contributed by atoms with van der Waals surface area (Å²) in [5.41, 5.74) is 5.11. The second kappa shape index (κ2) is 9.51. The van der Waals surface area contributed by atoms with E-state index in [4.69, 9.17) is 0 Å². The average molecular weight is 455 g/mol. The Balaban J connectivity index is 1.36. The van der Waals surface area contributed by atoms with Crippen LogP contribution in [0.5, 0.6) is 0 Å². The summed E-state index contributed by atoms with van der Waals surface area (Å²) in [4.78, 5) is 20.9. The topological polar surface area (TPSA) is 38.8 Å². The number of para-hydroxylation sites is 1. The molecule has 0 saturated carbocycles. The summed E-state index contributed by atoms with van der Waals surface area (Å²) in [7, 11) is 1.96. The first-order valence-electron chi connectivity index (χ1n) is 12.4. The van der Waals surface area contributed by atoms with E-state index in [9.17, 15) is 4.79 Å². The first-order valence-corrected chi connectivity index (χ1v) is 12.4. The quantitative estimate of drug-likeness (QED) is 0.567. The van der Waals surface area contributed by atoms with Gasteiger partial charge in [-0.1, -0.05) is 54.6 Å². The molecule has 3 aromatic carbocycles. The maximum absolute atomic E-state index is 14.0. The van der Waals surface area contributed by atoms with E-state index in [1.807, 2.05) is 24.1 Å². The summed E-state index contributed by atoms with van der Waals surface area (Å²) in [5, 5.41) is 3.23. The average Bonchev–Trinajstić information content (AvgIpc) is 3.16. The van der Waals surface area contributed by atoms with Crippen LogP contribution in [0.4, 0.5) is 17.1 Å². The van der Waals surface area contributed by atoms with E-state index >= 15 is 0 Å². The number of amides is 1. The highest BCUT2D eigenvalue weighted by atomic mass is 16.2. The van der Waals surface area contributed by atoms with Crippen molar-refractivity contribution >= 4 is 23.0 Å². The third kappa shape index (κ3) is 3.84. The second-order valence-electron chi connectivity index (χ2n) is 9.22. The highest BCUT2D eigenvalue weighted by molar-refractivity contribution is 6.10. The lowest BCUT2D eigenvalue weighted by Crippen LogP contribution is -2.49. The summed E-state index contributed by atoms with van der Waals surface area (Å²) in [6, 6.07) is 27.4. The van der Waals surface area contributed by atoms with Crippen molar-refractivity contribution in [2.45, 2.75) is 18.8 Å². The number of likely N-dealkylation sites (N-methyl/N-ethyl adjacent to an activating group) is 1. The minimum atomic E-state index is -0.619. The van der Waals surface area contributed by atoms with E-state index in [0.717, 1.165) is 61.6 Å². The molecule has 2 aliphatic rings. The van der Waals surface area contributed by atoms with Gasteiger partial charge in [-0.3, -0.25) is 9.69 Å². The van der Waals surface area contributed by atoms with Crippen LogP contribution < -0.4 is 15.1 Å². The van der Waals surface area contributed by atoms with Gasteiger partial charge in [-0.15, -0.1) is 0 Å².